The van der Waals surface area contributed by atoms with Crippen LogP contribution in [0, 0.1) is 6.92 Å². The quantitative estimate of drug-likeness (QED) is 0.821. The van der Waals surface area contributed by atoms with E-state index in [0.717, 1.165) is 31.9 Å². The summed E-state index contributed by atoms with van der Waals surface area (Å²) in [6.45, 7) is 5.05. The van der Waals surface area contributed by atoms with Gasteiger partial charge in [0.15, 0.2) is 0 Å². The molecule has 1 aliphatic heterocycles. The van der Waals surface area contributed by atoms with Crippen molar-refractivity contribution in [1.82, 2.24) is 20.2 Å². The zero-order valence-corrected chi connectivity index (χ0v) is 11.2. The summed E-state index contributed by atoms with van der Waals surface area (Å²) in [6.07, 6.45) is 3.16. The van der Waals surface area contributed by atoms with E-state index in [9.17, 15) is 4.79 Å². The fourth-order valence-corrected chi connectivity index (χ4v) is 1.53. The number of rotatable bonds is 1. The van der Waals surface area contributed by atoms with Crippen molar-refractivity contribution in [3.63, 3.8) is 0 Å². The van der Waals surface area contributed by atoms with E-state index in [1.807, 2.05) is 6.92 Å². The van der Waals surface area contributed by atoms with Crippen LogP contribution in [0.3, 0.4) is 0 Å². The Morgan fingerprint density at radius 2 is 1.88 bits per heavy atom. The molecule has 0 atom stereocenters. The molecule has 1 aromatic heterocycles. The Balaban J connectivity index is 0.00000128. The second-order valence-corrected chi connectivity index (χ2v) is 3.59. The standard InChI is InChI=1S/C10H14N4O.2ClH/c1-8-6-13-9(7-12-8)10(15)14-4-2-11-3-5-14;;/h6-7,11H,2-5H2,1H3;2*1H. The third-order valence-corrected chi connectivity index (χ3v) is 2.40. The van der Waals surface area contributed by atoms with Crippen molar-refractivity contribution < 1.29 is 4.79 Å². The van der Waals surface area contributed by atoms with Gasteiger partial charge in [0.1, 0.15) is 5.69 Å². The maximum absolute atomic E-state index is 11.9. The number of hydrogen-bond donors (Lipinski definition) is 1. The summed E-state index contributed by atoms with van der Waals surface area (Å²) < 4.78 is 0. The Bertz CT molecular complexity index is 352. The minimum Gasteiger partial charge on any atom is -0.335 e. The van der Waals surface area contributed by atoms with Crippen LogP contribution in [0.4, 0.5) is 0 Å². The van der Waals surface area contributed by atoms with Crippen molar-refractivity contribution in [3.8, 4) is 0 Å². The molecule has 0 aliphatic carbocycles. The highest BCUT2D eigenvalue weighted by Crippen LogP contribution is 2.02. The molecular formula is C10H16Cl2N4O. The molecule has 0 saturated carbocycles. The van der Waals surface area contributed by atoms with Gasteiger partial charge in [0.2, 0.25) is 0 Å². The minimum atomic E-state index is -0.0241. The van der Waals surface area contributed by atoms with Crippen LogP contribution < -0.4 is 5.32 Å². The zero-order valence-electron chi connectivity index (χ0n) is 9.55. The molecule has 0 unspecified atom stereocenters. The van der Waals surface area contributed by atoms with Gasteiger partial charge >= 0.3 is 0 Å². The van der Waals surface area contributed by atoms with Crippen LogP contribution in [0.15, 0.2) is 12.4 Å². The number of piperazine rings is 1. The molecule has 0 spiro atoms. The molecule has 2 rings (SSSR count). The molecule has 1 aromatic rings. The summed E-state index contributed by atoms with van der Waals surface area (Å²) in [5.41, 5.74) is 1.26. The molecule has 0 aromatic carbocycles. The second kappa shape index (κ2) is 7.42. The highest BCUT2D eigenvalue weighted by molar-refractivity contribution is 5.92. The normalized spacial score (nSPS) is 14.5. The maximum Gasteiger partial charge on any atom is 0.274 e. The number of hydrogen-bond acceptors (Lipinski definition) is 4. The van der Waals surface area contributed by atoms with Crippen LogP contribution in [0.5, 0.6) is 0 Å². The van der Waals surface area contributed by atoms with E-state index < -0.39 is 0 Å². The summed E-state index contributed by atoms with van der Waals surface area (Å²) in [5, 5.41) is 3.20. The van der Waals surface area contributed by atoms with Crippen LogP contribution in [0.2, 0.25) is 0 Å². The fraction of sp³-hybridized carbons (Fsp3) is 0.500. The molecule has 1 aliphatic rings. The highest BCUT2D eigenvalue weighted by atomic mass is 35.5. The Hall–Kier alpha value is -0.910. The van der Waals surface area contributed by atoms with Crippen molar-refractivity contribution in [2.24, 2.45) is 0 Å². The number of nitrogens with one attached hydrogen (secondary N) is 1. The Kier molecular flexibility index (Phi) is 7.03. The van der Waals surface area contributed by atoms with Crippen molar-refractivity contribution in [1.29, 1.82) is 0 Å². The smallest absolute Gasteiger partial charge is 0.274 e. The molecule has 1 fully saturated rings. The summed E-state index contributed by atoms with van der Waals surface area (Å²) in [4.78, 5) is 21.9. The molecule has 96 valence electrons. The molecule has 0 bridgehead atoms. The van der Waals surface area contributed by atoms with Gasteiger partial charge in [0.05, 0.1) is 11.9 Å². The monoisotopic (exact) mass is 278 g/mol. The fourth-order valence-electron chi connectivity index (χ4n) is 1.53. The van der Waals surface area contributed by atoms with Gasteiger partial charge in [-0.05, 0) is 6.92 Å². The lowest BCUT2D eigenvalue weighted by molar-refractivity contribution is 0.0729. The maximum atomic E-state index is 11.9. The van der Waals surface area contributed by atoms with E-state index in [1.165, 1.54) is 0 Å². The first kappa shape index (κ1) is 16.1. The van der Waals surface area contributed by atoms with Crippen LogP contribution in [0.1, 0.15) is 16.2 Å². The highest BCUT2D eigenvalue weighted by Gasteiger charge is 2.18. The van der Waals surface area contributed by atoms with Gasteiger partial charge in [-0.1, -0.05) is 0 Å². The first-order valence-corrected chi connectivity index (χ1v) is 5.06. The van der Waals surface area contributed by atoms with Crippen LogP contribution in [-0.2, 0) is 0 Å². The van der Waals surface area contributed by atoms with Gasteiger partial charge in [-0.3, -0.25) is 9.78 Å². The van der Waals surface area contributed by atoms with E-state index >= 15 is 0 Å². The summed E-state index contributed by atoms with van der Waals surface area (Å²) in [6, 6.07) is 0. The largest absolute Gasteiger partial charge is 0.335 e. The van der Waals surface area contributed by atoms with Gasteiger partial charge in [-0.25, -0.2) is 4.98 Å². The summed E-state index contributed by atoms with van der Waals surface area (Å²) in [7, 11) is 0. The number of nitrogens with zero attached hydrogens (tertiary/aromatic N) is 3. The molecule has 17 heavy (non-hydrogen) atoms. The Labute approximate surface area is 113 Å². The third-order valence-electron chi connectivity index (χ3n) is 2.40. The molecular weight excluding hydrogens is 263 g/mol. The minimum absolute atomic E-state index is 0. The van der Waals surface area contributed by atoms with E-state index in [0.29, 0.717) is 5.69 Å². The molecule has 1 amide bonds. The Morgan fingerprint density at radius 3 is 2.41 bits per heavy atom. The van der Waals surface area contributed by atoms with Crippen LogP contribution in [0.25, 0.3) is 0 Å². The van der Waals surface area contributed by atoms with Crippen molar-refractivity contribution >= 4 is 30.7 Å². The lowest BCUT2D eigenvalue weighted by Gasteiger charge is -2.26. The lowest BCUT2D eigenvalue weighted by atomic mass is 10.3. The molecule has 1 saturated heterocycles. The first-order chi connectivity index (χ1) is 7.27. The number of carbonyl (C=O) groups excluding carboxylic acids is 1. The van der Waals surface area contributed by atoms with E-state index in [4.69, 9.17) is 0 Å². The average molecular weight is 279 g/mol. The van der Waals surface area contributed by atoms with Crippen molar-refractivity contribution in [2.45, 2.75) is 6.92 Å². The molecule has 1 N–H and O–H groups in total. The molecule has 2 heterocycles. The van der Waals surface area contributed by atoms with Gasteiger partial charge in [0.25, 0.3) is 5.91 Å². The Morgan fingerprint density at radius 1 is 1.24 bits per heavy atom. The molecule has 5 nitrogen and oxygen atoms in total. The number of aryl methyl sites for hydroxylation is 1. The predicted octanol–water partition coefficient (Wildman–Crippen LogP) is 0.674. The van der Waals surface area contributed by atoms with E-state index in [2.05, 4.69) is 15.3 Å². The predicted molar refractivity (Wildman–Crippen MR) is 70.0 cm³/mol. The van der Waals surface area contributed by atoms with Crippen LogP contribution in [-0.4, -0.2) is 47.0 Å². The zero-order chi connectivity index (χ0) is 10.7. The summed E-state index contributed by atoms with van der Waals surface area (Å²) in [5.74, 6) is -0.0241. The van der Waals surface area contributed by atoms with Gasteiger partial charge in [-0.15, -0.1) is 24.8 Å². The third kappa shape index (κ3) is 4.11. The average Bonchev–Trinajstić information content (AvgIpc) is 2.30. The number of halogens is 2. The number of amides is 1. The second-order valence-electron chi connectivity index (χ2n) is 3.59. The van der Waals surface area contributed by atoms with Crippen molar-refractivity contribution in [3.05, 3.63) is 23.8 Å². The first-order valence-electron chi connectivity index (χ1n) is 5.06. The SMILES string of the molecule is Cc1cnc(C(=O)N2CCNCC2)cn1.Cl.Cl. The number of carbonyl (C=O) groups is 1. The van der Waals surface area contributed by atoms with E-state index in [1.54, 1.807) is 17.3 Å². The van der Waals surface area contributed by atoms with Gasteiger partial charge in [-0.2, -0.15) is 0 Å². The molecule has 7 heteroatoms. The lowest BCUT2D eigenvalue weighted by Crippen LogP contribution is -2.46. The van der Waals surface area contributed by atoms with Crippen LogP contribution >= 0.6 is 24.8 Å². The van der Waals surface area contributed by atoms with E-state index in [-0.39, 0.29) is 30.7 Å². The molecule has 0 radical (unpaired) electrons. The van der Waals surface area contributed by atoms with Gasteiger partial charge < -0.3 is 10.2 Å². The van der Waals surface area contributed by atoms with Gasteiger partial charge in [0, 0.05) is 32.4 Å². The topological polar surface area (TPSA) is 58.1 Å². The van der Waals surface area contributed by atoms with Crippen molar-refractivity contribution in [2.75, 3.05) is 26.2 Å². The summed E-state index contributed by atoms with van der Waals surface area (Å²) >= 11 is 0. The number of aromatic nitrogens is 2.